The number of nitrogens with zero attached hydrogens (tertiary/aromatic N) is 1. The van der Waals surface area contributed by atoms with Crippen LogP contribution in [0.2, 0.25) is 0 Å². The average molecular weight is 339 g/mol. The van der Waals surface area contributed by atoms with Gasteiger partial charge in [0.15, 0.2) is 0 Å². The SMILES string of the molecule is O=C(NCCc1nc(C2CCCCC2)cs1)[C@@H]1NC[C@@H](O)[C@H]1O. The van der Waals surface area contributed by atoms with Gasteiger partial charge >= 0.3 is 0 Å². The molecule has 1 aromatic heterocycles. The summed E-state index contributed by atoms with van der Waals surface area (Å²) < 4.78 is 0. The number of β-amino-alcohol motifs (C(OH)–C–C–N with tert-alkyl or cyclic N) is 1. The molecular weight excluding hydrogens is 314 g/mol. The molecule has 6 nitrogen and oxygen atoms in total. The fourth-order valence-corrected chi connectivity index (χ4v) is 4.27. The summed E-state index contributed by atoms with van der Waals surface area (Å²) in [5, 5.41) is 28.0. The molecule has 4 N–H and O–H groups in total. The summed E-state index contributed by atoms with van der Waals surface area (Å²) in [7, 11) is 0. The Hall–Kier alpha value is -1.02. The maximum atomic E-state index is 12.0. The minimum atomic E-state index is -1.03. The molecule has 2 aliphatic rings. The van der Waals surface area contributed by atoms with E-state index in [2.05, 4.69) is 16.0 Å². The smallest absolute Gasteiger partial charge is 0.239 e. The fraction of sp³-hybridized carbons (Fsp3) is 0.750. The number of carbonyl (C=O) groups is 1. The lowest BCUT2D eigenvalue weighted by Crippen LogP contribution is -2.47. The predicted molar refractivity (Wildman–Crippen MR) is 88.5 cm³/mol. The average Bonchev–Trinajstić information content (AvgIpc) is 3.16. The summed E-state index contributed by atoms with van der Waals surface area (Å²) in [6.45, 7) is 0.744. The summed E-state index contributed by atoms with van der Waals surface area (Å²) in [6, 6.07) is -0.723. The minimum Gasteiger partial charge on any atom is -0.389 e. The number of hydrogen-bond donors (Lipinski definition) is 4. The summed E-state index contributed by atoms with van der Waals surface area (Å²) >= 11 is 1.66. The lowest BCUT2D eigenvalue weighted by molar-refractivity contribution is -0.125. The van der Waals surface area contributed by atoms with Crippen LogP contribution in [-0.2, 0) is 11.2 Å². The lowest BCUT2D eigenvalue weighted by atomic mass is 9.87. The largest absolute Gasteiger partial charge is 0.389 e. The molecule has 1 aliphatic carbocycles. The zero-order valence-electron chi connectivity index (χ0n) is 13.2. The van der Waals surface area contributed by atoms with E-state index in [9.17, 15) is 15.0 Å². The number of rotatable bonds is 5. The molecule has 0 spiro atoms. The van der Waals surface area contributed by atoms with E-state index in [0.717, 1.165) is 5.01 Å². The van der Waals surface area contributed by atoms with Crippen molar-refractivity contribution in [1.82, 2.24) is 15.6 Å². The van der Waals surface area contributed by atoms with Gasteiger partial charge in [-0.05, 0) is 12.8 Å². The maximum absolute atomic E-state index is 12.0. The molecule has 0 unspecified atom stereocenters. The first-order chi connectivity index (χ1) is 11.1. The van der Waals surface area contributed by atoms with Crippen LogP contribution in [0, 0.1) is 0 Å². The number of aliphatic hydroxyl groups excluding tert-OH is 2. The van der Waals surface area contributed by atoms with Crippen LogP contribution in [0.3, 0.4) is 0 Å². The van der Waals surface area contributed by atoms with Crippen molar-refractivity contribution in [3.8, 4) is 0 Å². The van der Waals surface area contributed by atoms with Gasteiger partial charge in [0, 0.05) is 30.8 Å². The second-order valence-corrected chi connectivity index (χ2v) is 7.43. The van der Waals surface area contributed by atoms with Gasteiger partial charge in [0.05, 0.1) is 16.8 Å². The molecule has 0 aromatic carbocycles. The van der Waals surface area contributed by atoms with E-state index < -0.39 is 18.2 Å². The number of amides is 1. The highest BCUT2D eigenvalue weighted by Gasteiger charge is 2.37. The van der Waals surface area contributed by atoms with Crippen molar-refractivity contribution in [3.63, 3.8) is 0 Å². The van der Waals surface area contributed by atoms with Crippen LogP contribution in [0.25, 0.3) is 0 Å². The highest BCUT2D eigenvalue weighted by Crippen LogP contribution is 2.33. The summed E-state index contributed by atoms with van der Waals surface area (Å²) in [6.07, 6.45) is 5.23. The van der Waals surface area contributed by atoms with Crippen LogP contribution >= 0.6 is 11.3 Å². The maximum Gasteiger partial charge on any atom is 0.239 e. The lowest BCUT2D eigenvalue weighted by Gasteiger charge is -2.19. The van der Waals surface area contributed by atoms with Crippen molar-refractivity contribution in [2.45, 2.75) is 62.7 Å². The zero-order chi connectivity index (χ0) is 16.2. The van der Waals surface area contributed by atoms with Crippen LogP contribution in [0.15, 0.2) is 5.38 Å². The van der Waals surface area contributed by atoms with Gasteiger partial charge in [0.2, 0.25) is 5.91 Å². The van der Waals surface area contributed by atoms with E-state index in [1.54, 1.807) is 11.3 Å². The molecule has 1 saturated heterocycles. The van der Waals surface area contributed by atoms with E-state index in [0.29, 0.717) is 18.9 Å². The van der Waals surface area contributed by atoms with Crippen molar-refractivity contribution < 1.29 is 15.0 Å². The second kappa shape index (κ2) is 7.70. The van der Waals surface area contributed by atoms with E-state index in [1.165, 1.54) is 37.8 Å². The van der Waals surface area contributed by atoms with Crippen LogP contribution in [0.1, 0.15) is 48.7 Å². The second-order valence-electron chi connectivity index (χ2n) is 6.49. The molecule has 0 radical (unpaired) electrons. The fourth-order valence-electron chi connectivity index (χ4n) is 3.39. The third-order valence-corrected chi connectivity index (χ3v) is 5.72. The molecule has 1 aliphatic heterocycles. The molecule has 23 heavy (non-hydrogen) atoms. The quantitative estimate of drug-likeness (QED) is 0.628. The third-order valence-electron chi connectivity index (χ3n) is 4.80. The number of aliphatic hydroxyl groups is 2. The van der Waals surface area contributed by atoms with E-state index >= 15 is 0 Å². The Morgan fingerprint density at radius 2 is 2.13 bits per heavy atom. The molecular formula is C16H25N3O3S. The predicted octanol–water partition coefficient (Wildman–Crippen LogP) is 0.543. The molecule has 3 rings (SSSR count). The third kappa shape index (κ3) is 4.09. The Kier molecular flexibility index (Phi) is 5.63. The van der Waals surface area contributed by atoms with Crippen molar-refractivity contribution >= 4 is 17.2 Å². The van der Waals surface area contributed by atoms with Crippen molar-refractivity contribution in [2.24, 2.45) is 0 Å². The summed E-state index contributed by atoms with van der Waals surface area (Å²) in [5.41, 5.74) is 1.21. The Morgan fingerprint density at radius 3 is 2.83 bits per heavy atom. The molecule has 2 fully saturated rings. The van der Waals surface area contributed by atoms with Gasteiger partial charge in [0.25, 0.3) is 0 Å². The number of carbonyl (C=O) groups excluding carboxylic acids is 1. The van der Waals surface area contributed by atoms with Crippen LogP contribution in [0.5, 0.6) is 0 Å². The van der Waals surface area contributed by atoms with Crippen molar-refractivity contribution in [1.29, 1.82) is 0 Å². The topological polar surface area (TPSA) is 94.5 Å². The number of nitrogens with one attached hydrogen (secondary N) is 2. The van der Waals surface area contributed by atoms with Gasteiger partial charge in [-0.15, -0.1) is 11.3 Å². The molecule has 128 valence electrons. The first-order valence-electron chi connectivity index (χ1n) is 8.46. The van der Waals surface area contributed by atoms with Gasteiger partial charge < -0.3 is 20.8 Å². The summed E-state index contributed by atoms with van der Waals surface area (Å²) in [5.74, 6) is 0.348. The highest BCUT2D eigenvalue weighted by atomic mass is 32.1. The molecule has 1 amide bonds. The first kappa shape index (κ1) is 16.8. The van der Waals surface area contributed by atoms with E-state index in [1.807, 2.05) is 0 Å². The van der Waals surface area contributed by atoms with Crippen LogP contribution < -0.4 is 10.6 Å². The number of hydrogen-bond acceptors (Lipinski definition) is 6. The van der Waals surface area contributed by atoms with E-state index in [4.69, 9.17) is 4.98 Å². The molecule has 7 heteroatoms. The Bertz CT molecular complexity index is 530. The Balaban J connectivity index is 1.44. The van der Waals surface area contributed by atoms with Crippen LogP contribution in [0.4, 0.5) is 0 Å². The standard InChI is InChI=1S/C16H25N3O3S/c20-12-8-18-14(15(12)21)16(22)17-7-6-13-19-11(9-23-13)10-4-2-1-3-5-10/h9-10,12,14-15,18,20-21H,1-8H2,(H,17,22)/t12-,14-,15-/m1/s1. The minimum absolute atomic E-state index is 0.247. The molecule has 3 atom stereocenters. The molecule has 1 aromatic rings. The molecule has 2 heterocycles. The first-order valence-corrected chi connectivity index (χ1v) is 9.34. The Labute approximate surface area is 140 Å². The summed E-state index contributed by atoms with van der Waals surface area (Å²) in [4.78, 5) is 16.7. The van der Waals surface area contributed by atoms with Gasteiger partial charge in [-0.25, -0.2) is 4.98 Å². The Morgan fingerprint density at radius 1 is 1.35 bits per heavy atom. The van der Waals surface area contributed by atoms with Gasteiger partial charge in [0.1, 0.15) is 12.1 Å². The van der Waals surface area contributed by atoms with Crippen molar-refractivity contribution in [3.05, 3.63) is 16.1 Å². The van der Waals surface area contributed by atoms with Gasteiger partial charge in [-0.1, -0.05) is 19.3 Å². The highest BCUT2D eigenvalue weighted by molar-refractivity contribution is 7.09. The number of thiazole rings is 1. The monoisotopic (exact) mass is 339 g/mol. The van der Waals surface area contributed by atoms with Crippen LogP contribution in [-0.4, -0.2) is 52.4 Å². The van der Waals surface area contributed by atoms with E-state index in [-0.39, 0.29) is 12.5 Å². The molecule has 0 bridgehead atoms. The number of aromatic nitrogens is 1. The van der Waals surface area contributed by atoms with Gasteiger partial charge in [-0.3, -0.25) is 4.79 Å². The van der Waals surface area contributed by atoms with Crippen molar-refractivity contribution in [2.75, 3.05) is 13.1 Å². The molecule has 1 saturated carbocycles. The van der Waals surface area contributed by atoms with Gasteiger partial charge in [-0.2, -0.15) is 0 Å². The normalized spacial score (nSPS) is 28.9. The zero-order valence-corrected chi connectivity index (χ0v) is 14.0.